The molecule has 0 saturated carbocycles. The summed E-state index contributed by atoms with van der Waals surface area (Å²) in [5.41, 5.74) is 0.0325. The molecular formula is C11H10F3N3O2S. The maximum Gasteiger partial charge on any atom is 0.393 e. The predicted molar refractivity (Wildman–Crippen MR) is 64.7 cm³/mol. The van der Waals surface area contributed by atoms with Crippen molar-refractivity contribution >= 4 is 10.0 Å². The van der Waals surface area contributed by atoms with Crippen LogP contribution in [0.3, 0.4) is 0 Å². The summed E-state index contributed by atoms with van der Waals surface area (Å²) in [5.74, 6) is 0. The number of hydrogen-bond donors (Lipinski definition) is 1. The van der Waals surface area contributed by atoms with E-state index in [1.807, 2.05) is 0 Å². The van der Waals surface area contributed by atoms with Gasteiger partial charge in [0.25, 0.3) is 0 Å². The summed E-state index contributed by atoms with van der Waals surface area (Å²) in [6.07, 6.45) is -3.33. The van der Waals surface area contributed by atoms with Crippen LogP contribution >= 0.6 is 0 Å². The minimum atomic E-state index is -4.35. The molecule has 9 heteroatoms. The smallest absolute Gasteiger partial charge is 0.239 e. The van der Waals surface area contributed by atoms with Crippen LogP contribution in [0.25, 0.3) is 5.69 Å². The van der Waals surface area contributed by atoms with E-state index < -0.39 is 22.6 Å². The molecule has 0 aliphatic rings. The Morgan fingerprint density at radius 3 is 2.50 bits per heavy atom. The third-order valence-corrected chi connectivity index (χ3v) is 3.42. The Morgan fingerprint density at radius 1 is 1.25 bits per heavy atom. The first-order valence-electron chi connectivity index (χ1n) is 5.39. The van der Waals surface area contributed by atoms with Gasteiger partial charge in [-0.2, -0.15) is 18.3 Å². The average Bonchev–Trinajstić information content (AvgIpc) is 2.74. The summed E-state index contributed by atoms with van der Waals surface area (Å²) in [4.78, 5) is -0.207. The van der Waals surface area contributed by atoms with Crippen molar-refractivity contribution < 1.29 is 21.6 Å². The van der Waals surface area contributed by atoms with E-state index in [0.717, 1.165) is 17.1 Å². The van der Waals surface area contributed by atoms with Gasteiger partial charge in [-0.15, -0.1) is 0 Å². The highest BCUT2D eigenvalue weighted by molar-refractivity contribution is 7.89. The molecule has 1 aromatic heterocycles. The summed E-state index contributed by atoms with van der Waals surface area (Å²) >= 11 is 0. The van der Waals surface area contributed by atoms with Crippen molar-refractivity contribution in [2.45, 2.75) is 17.5 Å². The Hall–Kier alpha value is -1.87. The highest BCUT2D eigenvalue weighted by atomic mass is 32.2. The van der Waals surface area contributed by atoms with Gasteiger partial charge >= 0.3 is 6.18 Å². The van der Waals surface area contributed by atoms with Crippen molar-refractivity contribution in [3.63, 3.8) is 0 Å². The molecule has 20 heavy (non-hydrogen) atoms. The summed E-state index contributed by atoms with van der Waals surface area (Å²) in [5, 5.41) is 8.80. The lowest BCUT2D eigenvalue weighted by Gasteiger charge is -2.07. The lowest BCUT2D eigenvalue weighted by Crippen LogP contribution is -2.15. The van der Waals surface area contributed by atoms with Crippen LogP contribution in [0.2, 0.25) is 0 Å². The number of halogens is 3. The standard InChI is InChI=1S/C11H10F3N3O2S/c12-11(13,14)5-8-6-16-17(7-8)9-3-1-2-4-10(9)20(15,18)19/h1-4,6-7H,5H2,(H2,15,18,19). The van der Waals surface area contributed by atoms with Crippen molar-refractivity contribution in [1.29, 1.82) is 0 Å². The quantitative estimate of drug-likeness (QED) is 0.936. The Labute approximate surface area is 112 Å². The van der Waals surface area contributed by atoms with E-state index in [4.69, 9.17) is 5.14 Å². The number of rotatable bonds is 3. The molecule has 0 fully saturated rings. The first-order valence-corrected chi connectivity index (χ1v) is 6.94. The largest absolute Gasteiger partial charge is 0.393 e. The number of alkyl halides is 3. The van der Waals surface area contributed by atoms with Gasteiger partial charge in [0, 0.05) is 6.20 Å². The molecule has 0 aliphatic carbocycles. The van der Waals surface area contributed by atoms with Gasteiger partial charge in [-0.25, -0.2) is 18.2 Å². The molecule has 0 bridgehead atoms. The molecule has 0 aliphatic heterocycles. The molecule has 0 saturated heterocycles. The third-order valence-electron chi connectivity index (χ3n) is 2.46. The van der Waals surface area contributed by atoms with E-state index in [2.05, 4.69) is 5.10 Å². The molecule has 0 amide bonds. The van der Waals surface area contributed by atoms with Crippen LogP contribution in [0.5, 0.6) is 0 Å². The summed E-state index contributed by atoms with van der Waals surface area (Å²) in [6.45, 7) is 0. The van der Waals surface area contributed by atoms with Gasteiger partial charge in [0.05, 0.1) is 18.3 Å². The molecular weight excluding hydrogens is 295 g/mol. The normalized spacial score (nSPS) is 12.6. The van der Waals surface area contributed by atoms with E-state index in [9.17, 15) is 21.6 Å². The SMILES string of the molecule is NS(=O)(=O)c1ccccc1-n1cc(CC(F)(F)F)cn1. The molecule has 108 valence electrons. The molecule has 2 rings (SSSR count). The number of aromatic nitrogens is 2. The van der Waals surface area contributed by atoms with Crippen molar-refractivity contribution in [2.75, 3.05) is 0 Å². The van der Waals surface area contributed by atoms with Crippen LogP contribution in [0, 0.1) is 0 Å². The number of nitrogens with zero attached hydrogens (tertiary/aromatic N) is 2. The fourth-order valence-corrected chi connectivity index (χ4v) is 2.42. The number of nitrogens with two attached hydrogens (primary N) is 1. The number of benzene rings is 1. The fraction of sp³-hybridized carbons (Fsp3) is 0.182. The monoisotopic (exact) mass is 305 g/mol. The first-order chi connectivity index (χ1) is 9.17. The minimum absolute atomic E-state index is 0.0678. The molecule has 1 aromatic carbocycles. The zero-order valence-corrected chi connectivity index (χ0v) is 10.8. The second-order valence-corrected chi connectivity index (χ2v) is 5.63. The lowest BCUT2D eigenvalue weighted by atomic mass is 10.2. The van der Waals surface area contributed by atoms with Crippen molar-refractivity contribution in [3.05, 3.63) is 42.2 Å². The van der Waals surface area contributed by atoms with Crippen LogP contribution < -0.4 is 5.14 Å². The van der Waals surface area contributed by atoms with Gasteiger partial charge in [0.15, 0.2) is 0 Å². The van der Waals surface area contributed by atoms with Crippen molar-refractivity contribution in [2.24, 2.45) is 5.14 Å². The van der Waals surface area contributed by atoms with Crippen LogP contribution in [-0.2, 0) is 16.4 Å². The number of para-hydroxylation sites is 1. The zero-order chi connectivity index (χ0) is 15.0. The van der Waals surface area contributed by atoms with E-state index in [1.54, 1.807) is 0 Å². The second-order valence-electron chi connectivity index (χ2n) is 4.10. The van der Waals surface area contributed by atoms with Crippen LogP contribution in [0.15, 0.2) is 41.6 Å². The predicted octanol–water partition coefficient (Wildman–Crippen LogP) is 1.62. The Balaban J connectivity index is 2.44. The second kappa shape index (κ2) is 4.91. The Kier molecular flexibility index (Phi) is 3.57. The van der Waals surface area contributed by atoms with E-state index in [0.29, 0.717) is 0 Å². The molecule has 1 heterocycles. The van der Waals surface area contributed by atoms with Gasteiger partial charge in [0.2, 0.25) is 10.0 Å². The highest BCUT2D eigenvalue weighted by Crippen LogP contribution is 2.23. The Bertz CT molecular complexity index is 723. The molecule has 2 N–H and O–H groups in total. The number of hydrogen-bond acceptors (Lipinski definition) is 3. The molecule has 0 spiro atoms. The zero-order valence-electron chi connectivity index (χ0n) is 10.0. The highest BCUT2D eigenvalue weighted by Gasteiger charge is 2.28. The third kappa shape index (κ3) is 3.36. The van der Waals surface area contributed by atoms with Crippen LogP contribution in [0.4, 0.5) is 13.2 Å². The van der Waals surface area contributed by atoms with E-state index >= 15 is 0 Å². The van der Waals surface area contributed by atoms with Gasteiger partial charge in [-0.3, -0.25) is 0 Å². The van der Waals surface area contributed by atoms with E-state index in [1.165, 1.54) is 24.3 Å². The summed E-state index contributed by atoms with van der Waals surface area (Å²) in [6, 6.07) is 5.67. The Morgan fingerprint density at radius 2 is 1.90 bits per heavy atom. The molecule has 0 radical (unpaired) electrons. The molecule has 2 aromatic rings. The van der Waals surface area contributed by atoms with Crippen molar-refractivity contribution in [1.82, 2.24) is 9.78 Å². The topological polar surface area (TPSA) is 78.0 Å². The summed E-state index contributed by atoms with van der Waals surface area (Å²) in [7, 11) is -3.99. The number of sulfonamides is 1. The van der Waals surface area contributed by atoms with Crippen molar-refractivity contribution in [3.8, 4) is 5.69 Å². The molecule has 0 atom stereocenters. The average molecular weight is 305 g/mol. The van der Waals surface area contributed by atoms with E-state index in [-0.39, 0.29) is 16.1 Å². The number of primary sulfonamides is 1. The summed E-state index contributed by atoms with van der Waals surface area (Å²) < 4.78 is 60.7. The first kappa shape index (κ1) is 14.5. The van der Waals surface area contributed by atoms with Gasteiger partial charge in [-0.1, -0.05) is 12.1 Å². The fourth-order valence-electron chi connectivity index (χ4n) is 1.70. The van der Waals surface area contributed by atoms with Gasteiger partial charge < -0.3 is 0 Å². The van der Waals surface area contributed by atoms with Crippen LogP contribution in [-0.4, -0.2) is 24.4 Å². The van der Waals surface area contributed by atoms with Gasteiger partial charge in [-0.05, 0) is 17.7 Å². The molecule has 0 unspecified atom stereocenters. The molecule has 5 nitrogen and oxygen atoms in total. The van der Waals surface area contributed by atoms with Crippen LogP contribution in [0.1, 0.15) is 5.56 Å². The van der Waals surface area contributed by atoms with Gasteiger partial charge in [0.1, 0.15) is 4.90 Å². The lowest BCUT2D eigenvalue weighted by molar-refractivity contribution is -0.127. The minimum Gasteiger partial charge on any atom is -0.239 e. The maximum atomic E-state index is 12.3. The maximum absolute atomic E-state index is 12.3.